The smallest absolute Gasteiger partial charge is 0.230 e. The number of thiazole rings is 1. The molecule has 0 radical (unpaired) electrons. The molecular formula is C16H20N2O2S. The van der Waals surface area contributed by atoms with Gasteiger partial charge in [0.1, 0.15) is 5.01 Å². The van der Waals surface area contributed by atoms with Gasteiger partial charge in [-0.1, -0.05) is 26.0 Å². The van der Waals surface area contributed by atoms with Crippen LogP contribution in [0.15, 0.2) is 29.6 Å². The minimum absolute atomic E-state index is 0.0541. The molecule has 112 valence electrons. The number of hydrogen-bond acceptors (Lipinski definition) is 4. The van der Waals surface area contributed by atoms with Crippen LogP contribution in [0.5, 0.6) is 0 Å². The molecule has 0 unspecified atom stereocenters. The van der Waals surface area contributed by atoms with Gasteiger partial charge in [0.15, 0.2) is 0 Å². The molecule has 5 heteroatoms. The third-order valence-corrected chi connectivity index (χ3v) is 3.94. The molecule has 1 N–H and O–H groups in total. The molecule has 2 rings (SSSR count). The van der Waals surface area contributed by atoms with Crippen LogP contribution in [0.1, 0.15) is 36.0 Å². The van der Waals surface area contributed by atoms with E-state index in [1.165, 1.54) is 16.9 Å². The molecule has 0 bridgehead atoms. The highest BCUT2D eigenvalue weighted by Crippen LogP contribution is 2.17. The standard InChI is InChI=1S/C16H20N2O2S/c1-11(2)12-4-6-13(7-5-12)17-15(19)8-14-10-21-16(18-14)9-20-3/h4-7,10-11H,8-9H2,1-3H3,(H,17,19). The lowest BCUT2D eigenvalue weighted by Crippen LogP contribution is -2.14. The number of ether oxygens (including phenoxy) is 1. The largest absolute Gasteiger partial charge is 0.378 e. The molecule has 2 aromatic rings. The Kier molecular flexibility index (Phi) is 5.47. The zero-order chi connectivity index (χ0) is 15.2. The fourth-order valence-corrected chi connectivity index (χ4v) is 2.70. The molecule has 0 spiro atoms. The summed E-state index contributed by atoms with van der Waals surface area (Å²) in [5.74, 6) is 0.436. The average Bonchev–Trinajstić information content (AvgIpc) is 2.87. The quantitative estimate of drug-likeness (QED) is 0.887. The number of aromatic nitrogens is 1. The van der Waals surface area contributed by atoms with Gasteiger partial charge in [-0.25, -0.2) is 4.98 Å². The van der Waals surface area contributed by atoms with E-state index < -0.39 is 0 Å². The van der Waals surface area contributed by atoms with Crippen LogP contribution >= 0.6 is 11.3 Å². The van der Waals surface area contributed by atoms with Gasteiger partial charge in [-0.3, -0.25) is 4.79 Å². The summed E-state index contributed by atoms with van der Waals surface area (Å²) in [6.07, 6.45) is 0.284. The maximum Gasteiger partial charge on any atom is 0.230 e. The first kappa shape index (κ1) is 15.7. The topological polar surface area (TPSA) is 51.2 Å². The van der Waals surface area contributed by atoms with Crippen LogP contribution < -0.4 is 5.32 Å². The van der Waals surface area contributed by atoms with E-state index in [1.807, 2.05) is 29.6 Å². The summed E-state index contributed by atoms with van der Waals surface area (Å²) < 4.78 is 5.02. The maximum atomic E-state index is 12.0. The molecule has 0 aliphatic rings. The van der Waals surface area contributed by atoms with E-state index in [2.05, 4.69) is 24.1 Å². The lowest BCUT2D eigenvalue weighted by atomic mass is 10.0. The molecule has 1 aromatic carbocycles. The van der Waals surface area contributed by atoms with Gasteiger partial charge >= 0.3 is 0 Å². The van der Waals surface area contributed by atoms with E-state index in [4.69, 9.17) is 4.74 Å². The Morgan fingerprint density at radius 2 is 2.05 bits per heavy atom. The van der Waals surface area contributed by atoms with Crippen LogP contribution in [0.25, 0.3) is 0 Å². The summed E-state index contributed by atoms with van der Waals surface area (Å²) in [5, 5.41) is 5.68. The van der Waals surface area contributed by atoms with Gasteiger partial charge < -0.3 is 10.1 Å². The zero-order valence-electron chi connectivity index (χ0n) is 12.6. The molecule has 1 aromatic heterocycles. The van der Waals surface area contributed by atoms with Crippen LogP contribution in [0, 0.1) is 0 Å². The Bertz CT molecular complexity index is 591. The van der Waals surface area contributed by atoms with Crippen molar-refractivity contribution >= 4 is 22.9 Å². The van der Waals surface area contributed by atoms with E-state index in [-0.39, 0.29) is 12.3 Å². The fourth-order valence-electron chi connectivity index (χ4n) is 1.94. The fraction of sp³-hybridized carbons (Fsp3) is 0.375. The lowest BCUT2D eigenvalue weighted by Gasteiger charge is -2.08. The predicted molar refractivity (Wildman–Crippen MR) is 85.7 cm³/mol. The van der Waals surface area contributed by atoms with Crippen molar-refractivity contribution < 1.29 is 9.53 Å². The molecule has 0 atom stereocenters. The van der Waals surface area contributed by atoms with Gasteiger partial charge in [0.2, 0.25) is 5.91 Å². The summed E-state index contributed by atoms with van der Waals surface area (Å²) in [6.45, 7) is 4.78. The molecular weight excluding hydrogens is 284 g/mol. The number of hydrogen-bond donors (Lipinski definition) is 1. The Hall–Kier alpha value is -1.72. The van der Waals surface area contributed by atoms with Crippen molar-refractivity contribution in [2.24, 2.45) is 0 Å². The van der Waals surface area contributed by atoms with E-state index in [0.717, 1.165) is 16.4 Å². The van der Waals surface area contributed by atoms with Gasteiger partial charge in [0.25, 0.3) is 0 Å². The van der Waals surface area contributed by atoms with E-state index in [0.29, 0.717) is 12.5 Å². The number of benzene rings is 1. The number of carbonyl (C=O) groups excluding carboxylic acids is 1. The highest BCUT2D eigenvalue weighted by molar-refractivity contribution is 7.09. The second-order valence-electron chi connectivity index (χ2n) is 5.17. The first-order valence-electron chi connectivity index (χ1n) is 6.90. The summed E-state index contributed by atoms with van der Waals surface area (Å²) in [5.41, 5.74) is 2.86. The molecule has 4 nitrogen and oxygen atoms in total. The number of nitrogens with one attached hydrogen (secondary N) is 1. The summed E-state index contributed by atoms with van der Waals surface area (Å²) in [7, 11) is 1.63. The summed E-state index contributed by atoms with van der Waals surface area (Å²) in [4.78, 5) is 16.3. The average molecular weight is 304 g/mol. The number of methoxy groups -OCH3 is 1. The highest BCUT2D eigenvalue weighted by Gasteiger charge is 2.08. The second-order valence-corrected chi connectivity index (χ2v) is 6.11. The van der Waals surface area contributed by atoms with Crippen molar-refractivity contribution in [1.82, 2.24) is 4.98 Å². The van der Waals surface area contributed by atoms with Crippen LogP contribution in [0.4, 0.5) is 5.69 Å². The number of rotatable bonds is 6. The number of amides is 1. The zero-order valence-corrected chi connectivity index (χ0v) is 13.4. The van der Waals surface area contributed by atoms with Gasteiger partial charge in [-0.15, -0.1) is 11.3 Å². The predicted octanol–water partition coefficient (Wildman–Crippen LogP) is 3.59. The van der Waals surface area contributed by atoms with Gasteiger partial charge in [0.05, 0.1) is 18.7 Å². The molecule has 0 fully saturated rings. The Morgan fingerprint density at radius 3 is 2.67 bits per heavy atom. The Morgan fingerprint density at radius 1 is 1.33 bits per heavy atom. The van der Waals surface area contributed by atoms with Gasteiger partial charge in [-0.2, -0.15) is 0 Å². The summed E-state index contributed by atoms with van der Waals surface area (Å²) >= 11 is 1.51. The first-order valence-corrected chi connectivity index (χ1v) is 7.78. The Balaban J connectivity index is 1.91. The van der Waals surface area contributed by atoms with E-state index in [1.54, 1.807) is 7.11 Å². The molecule has 1 heterocycles. The minimum atomic E-state index is -0.0541. The third kappa shape index (κ3) is 4.65. The Labute approximate surface area is 129 Å². The SMILES string of the molecule is COCc1nc(CC(=O)Nc2ccc(C(C)C)cc2)cs1. The van der Waals surface area contributed by atoms with Crippen molar-refractivity contribution in [2.75, 3.05) is 12.4 Å². The molecule has 0 saturated carbocycles. The number of anilines is 1. The number of nitrogens with zero attached hydrogens (tertiary/aromatic N) is 1. The van der Waals surface area contributed by atoms with Crippen LogP contribution in [-0.4, -0.2) is 18.0 Å². The monoisotopic (exact) mass is 304 g/mol. The third-order valence-electron chi connectivity index (χ3n) is 3.07. The molecule has 0 aliphatic carbocycles. The van der Waals surface area contributed by atoms with E-state index >= 15 is 0 Å². The molecule has 21 heavy (non-hydrogen) atoms. The van der Waals surface area contributed by atoms with Gasteiger partial charge in [0, 0.05) is 18.2 Å². The van der Waals surface area contributed by atoms with Crippen molar-refractivity contribution in [1.29, 1.82) is 0 Å². The van der Waals surface area contributed by atoms with Crippen molar-refractivity contribution in [2.45, 2.75) is 32.8 Å². The summed E-state index contributed by atoms with van der Waals surface area (Å²) in [6, 6.07) is 7.95. The molecule has 1 amide bonds. The minimum Gasteiger partial charge on any atom is -0.378 e. The van der Waals surface area contributed by atoms with Crippen LogP contribution in [-0.2, 0) is 22.6 Å². The van der Waals surface area contributed by atoms with Crippen molar-refractivity contribution in [3.8, 4) is 0 Å². The van der Waals surface area contributed by atoms with Crippen molar-refractivity contribution in [3.63, 3.8) is 0 Å². The van der Waals surface area contributed by atoms with E-state index in [9.17, 15) is 4.79 Å². The maximum absolute atomic E-state index is 12.0. The van der Waals surface area contributed by atoms with Gasteiger partial charge in [-0.05, 0) is 23.6 Å². The lowest BCUT2D eigenvalue weighted by molar-refractivity contribution is -0.115. The molecule has 0 aliphatic heterocycles. The second kappa shape index (κ2) is 7.33. The van der Waals surface area contributed by atoms with Crippen molar-refractivity contribution in [3.05, 3.63) is 45.9 Å². The first-order chi connectivity index (χ1) is 10.1. The highest BCUT2D eigenvalue weighted by atomic mass is 32.1. The molecule has 0 saturated heterocycles. The van der Waals surface area contributed by atoms with Crippen LogP contribution in [0.2, 0.25) is 0 Å². The number of carbonyl (C=O) groups is 1. The normalized spacial score (nSPS) is 10.9. The van der Waals surface area contributed by atoms with Crippen LogP contribution in [0.3, 0.4) is 0 Å².